The fraction of sp³-hybridized carbons (Fsp3) is 0.295. The Morgan fingerprint density at radius 3 is 1.56 bits per heavy atom. The number of nitrogens with zero attached hydrogens (tertiary/aromatic N) is 3. The van der Waals surface area contributed by atoms with E-state index in [1.54, 1.807) is 89.5 Å². The number of imidazole rings is 1. The van der Waals surface area contributed by atoms with Gasteiger partial charge in [0.15, 0.2) is 11.2 Å². The Kier molecular flexibility index (Phi) is 15.6. The van der Waals surface area contributed by atoms with Crippen LogP contribution < -0.4 is 30.5 Å². The molecule has 20 heteroatoms. The molecule has 0 amide bonds. The van der Waals surface area contributed by atoms with E-state index in [1.807, 2.05) is 36.4 Å². The van der Waals surface area contributed by atoms with Gasteiger partial charge in [-0.1, -0.05) is 97.1 Å². The van der Waals surface area contributed by atoms with Crippen LogP contribution in [0.1, 0.15) is 45.2 Å². The SMILES string of the molecule is CC(C)(NP(=O)(OCC(CCn1cnc2c(=O)[nH]c(N)nc21)COP(=O)(NC(C)(C)C(=O)OCc1ccccc1)Oc1ccccc1)Oc1ccccc1)C(=O)OCc1ccccc1. The zero-order chi connectivity index (χ0) is 45.8. The molecule has 2 unspecified atom stereocenters. The number of ether oxygens (including phenoxy) is 2. The third-order valence-electron chi connectivity index (χ3n) is 9.45. The summed E-state index contributed by atoms with van der Waals surface area (Å²) in [5.74, 6) is -2.04. The van der Waals surface area contributed by atoms with Gasteiger partial charge in [0, 0.05) is 12.5 Å². The van der Waals surface area contributed by atoms with Crippen LogP contribution in [0.4, 0.5) is 5.95 Å². The Morgan fingerprint density at radius 2 is 1.12 bits per heavy atom. The number of hydrogen-bond donors (Lipinski definition) is 4. The number of aromatic nitrogens is 4. The van der Waals surface area contributed by atoms with Crippen molar-refractivity contribution in [1.82, 2.24) is 29.7 Å². The van der Waals surface area contributed by atoms with Crippen molar-refractivity contribution in [1.29, 1.82) is 0 Å². The first-order valence-electron chi connectivity index (χ1n) is 20.2. The van der Waals surface area contributed by atoms with Gasteiger partial charge in [-0.25, -0.2) is 14.1 Å². The molecule has 338 valence electrons. The fourth-order valence-corrected chi connectivity index (χ4v) is 9.55. The Bertz CT molecular complexity index is 2500. The van der Waals surface area contributed by atoms with E-state index in [0.29, 0.717) is 0 Å². The van der Waals surface area contributed by atoms with Crippen LogP contribution in [-0.4, -0.2) is 55.7 Å². The molecule has 4 aromatic carbocycles. The summed E-state index contributed by atoms with van der Waals surface area (Å²) >= 11 is 0. The van der Waals surface area contributed by atoms with Gasteiger partial charge >= 0.3 is 27.4 Å². The highest BCUT2D eigenvalue weighted by Gasteiger charge is 2.43. The molecule has 2 aromatic heterocycles. The van der Waals surface area contributed by atoms with Gasteiger partial charge in [0.05, 0.1) is 19.5 Å². The first-order valence-corrected chi connectivity index (χ1v) is 23.3. The van der Waals surface area contributed by atoms with Crippen molar-refractivity contribution < 1.29 is 46.3 Å². The molecule has 0 saturated heterocycles. The summed E-state index contributed by atoms with van der Waals surface area (Å²) in [5, 5.41) is 5.53. The van der Waals surface area contributed by atoms with Crippen LogP contribution in [0.15, 0.2) is 132 Å². The summed E-state index contributed by atoms with van der Waals surface area (Å²) in [7, 11) is -8.96. The number of hydrogen-bond acceptors (Lipinski definition) is 14. The van der Waals surface area contributed by atoms with E-state index in [4.69, 9.17) is 33.3 Å². The molecule has 0 spiro atoms. The maximum absolute atomic E-state index is 14.8. The standard InChI is InChI=1S/C44H51N7O11P2/c1-43(2,40(53)57-27-32-17-9-5-10-18-32)49-63(55,61-35-21-13-7-14-22-35)59-29-34(25-26-51-31-46-37-38(51)47-42(45)48-39(37)52)30-60-64(56,62-36-23-15-8-16-24-36)50-44(3,4)41(54)58-28-33-19-11-6-12-20-33/h5-24,31,34H,25-30H2,1-4H3,(H,49,55)(H,50,56)(H3,45,47,48,52). The molecule has 6 aromatic rings. The molecule has 0 saturated carbocycles. The van der Waals surface area contributed by atoms with E-state index >= 15 is 0 Å². The predicted molar refractivity (Wildman–Crippen MR) is 239 cm³/mol. The molecule has 0 aliphatic carbocycles. The number of nitrogen functional groups attached to an aromatic ring is 1. The number of anilines is 1. The van der Waals surface area contributed by atoms with Crippen LogP contribution >= 0.6 is 15.5 Å². The van der Waals surface area contributed by atoms with Gasteiger partial charge in [0.2, 0.25) is 5.95 Å². The number of aryl methyl sites for hydroxylation is 1. The first-order chi connectivity index (χ1) is 30.5. The quantitative estimate of drug-likeness (QED) is 0.0363. The fourth-order valence-electron chi connectivity index (χ4n) is 6.06. The first kappa shape index (κ1) is 47.4. The molecular weight excluding hydrogens is 864 g/mol. The third-order valence-corrected chi connectivity index (χ3v) is 13.0. The van der Waals surface area contributed by atoms with E-state index < -0.39 is 50.0 Å². The lowest BCUT2D eigenvalue weighted by Crippen LogP contribution is -2.47. The highest BCUT2D eigenvalue weighted by Crippen LogP contribution is 2.49. The van der Waals surface area contributed by atoms with Gasteiger partial charge < -0.3 is 28.8 Å². The van der Waals surface area contributed by atoms with Crippen molar-refractivity contribution in [3.05, 3.63) is 149 Å². The minimum atomic E-state index is -4.48. The summed E-state index contributed by atoms with van der Waals surface area (Å²) in [4.78, 5) is 50.3. The molecule has 0 radical (unpaired) electrons. The molecule has 0 bridgehead atoms. The zero-order valence-electron chi connectivity index (χ0n) is 35.7. The van der Waals surface area contributed by atoms with Crippen molar-refractivity contribution in [3.8, 4) is 11.5 Å². The molecule has 2 heterocycles. The molecule has 6 rings (SSSR count). The van der Waals surface area contributed by atoms with Gasteiger partial charge in [0.1, 0.15) is 35.8 Å². The van der Waals surface area contributed by atoms with Crippen LogP contribution in [0.3, 0.4) is 0 Å². The van der Waals surface area contributed by atoms with Crippen LogP contribution in [0.5, 0.6) is 11.5 Å². The summed E-state index contributed by atoms with van der Waals surface area (Å²) < 4.78 is 66.5. The lowest BCUT2D eigenvalue weighted by atomic mass is 10.1. The zero-order valence-corrected chi connectivity index (χ0v) is 37.5. The van der Waals surface area contributed by atoms with Crippen molar-refractivity contribution in [3.63, 3.8) is 0 Å². The summed E-state index contributed by atoms with van der Waals surface area (Å²) in [6.07, 6.45) is 1.55. The van der Waals surface area contributed by atoms with Crippen molar-refractivity contribution in [2.24, 2.45) is 5.92 Å². The Hall–Kier alpha value is -6.13. The molecule has 18 nitrogen and oxygen atoms in total. The topological polar surface area (TPSA) is 237 Å². The normalized spacial score (nSPS) is 14.2. The van der Waals surface area contributed by atoms with Gasteiger partial charge in [-0.05, 0) is 69.5 Å². The van der Waals surface area contributed by atoms with Gasteiger partial charge in [0.25, 0.3) is 5.56 Å². The number of carbonyl (C=O) groups excluding carboxylic acids is 2. The minimum Gasteiger partial charge on any atom is -0.459 e. The third kappa shape index (κ3) is 13.4. The van der Waals surface area contributed by atoms with E-state index in [1.165, 1.54) is 34.0 Å². The largest absolute Gasteiger partial charge is 0.459 e. The Morgan fingerprint density at radius 1 is 0.703 bits per heavy atom. The second kappa shape index (κ2) is 21.0. The number of esters is 2. The number of nitrogens with two attached hydrogens (primary N) is 1. The number of fused-ring (bicyclic) bond motifs is 1. The monoisotopic (exact) mass is 915 g/mol. The van der Waals surface area contributed by atoms with E-state index in [0.717, 1.165) is 11.1 Å². The summed E-state index contributed by atoms with van der Waals surface area (Å²) in [5.41, 5.74) is 3.85. The molecule has 5 N–H and O–H groups in total. The van der Waals surface area contributed by atoms with E-state index in [9.17, 15) is 23.5 Å². The van der Waals surface area contributed by atoms with Gasteiger partial charge in [-0.15, -0.1) is 0 Å². The lowest BCUT2D eigenvalue weighted by Gasteiger charge is -2.31. The van der Waals surface area contributed by atoms with Crippen LogP contribution in [0.25, 0.3) is 11.2 Å². The molecule has 64 heavy (non-hydrogen) atoms. The van der Waals surface area contributed by atoms with E-state index in [-0.39, 0.29) is 68.0 Å². The average Bonchev–Trinajstić information content (AvgIpc) is 3.68. The summed E-state index contributed by atoms with van der Waals surface area (Å²) in [6.45, 7) is 5.20. The van der Waals surface area contributed by atoms with Crippen LogP contribution in [-0.2, 0) is 57.0 Å². The number of H-pyrrole nitrogens is 1. The number of nitrogens with one attached hydrogen (secondary N) is 3. The maximum atomic E-state index is 14.8. The second-order valence-corrected chi connectivity index (χ2v) is 19.0. The summed E-state index contributed by atoms with van der Waals surface area (Å²) in [6, 6.07) is 34.6. The molecule has 2 atom stereocenters. The van der Waals surface area contributed by atoms with Gasteiger partial charge in [-0.2, -0.15) is 15.2 Å². The molecular formula is C44H51N7O11P2. The number of carbonyl (C=O) groups is 2. The Labute approximate surface area is 370 Å². The second-order valence-electron chi connectivity index (χ2n) is 15.7. The van der Waals surface area contributed by atoms with Crippen molar-refractivity contribution in [2.45, 2.75) is 65.0 Å². The van der Waals surface area contributed by atoms with E-state index in [2.05, 4.69) is 25.1 Å². The minimum absolute atomic E-state index is 0.0368. The number of benzene rings is 4. The number of rotatable bonds is 23. The highest BCUT2D eigenvalue weighted by atomic mass is 31.2. The van der Waals surface area contributed by atoms with Crippen molar-refractivity contribution >= 4 is 44.5 Å². The maximum Gasteiger partial charge on any atom is 0.459 e. The number of aromatic amines is 1. The molecule has 0 fully saturated rings. The number of para-hydroxylation sites is 2. The van der Waals surface area contributed by atoms with Crippen molar-refractivity contribution in [2.75, 3.05) is 18.9 Å². The average molecular weight is 916 g/mol. The predicted octanol–water partition coefficient (Wildman–Crippen LogP) is 7.34. The Balaban J connectivity index is 1.26. The smallest absolute Gasteiger partial charge is 0.459 e. The highest BCUT2D eigenvalue weighted by molar-refractivity contribution is 7.52. The molecule has 0 aliphatic rings. The lowest BCUT2D eigenvalue weighted by molar-refractivity contribution is -0.151. The molecule has 0 aliphatic heterocycles. The van der Waals surface area contributed by atoms with Gasteiger partial charge in [-0.3, -0.25) is 28.4 Å². The van der Waals surface area contributed by atoms with Crippen LogP contribution in [0, 0.1) is 5.92 Å². The van der Waals surface area contributed by atoms with Crippen LogP contribution in [0.2, 0.25) is 0 Å².